The quantitative estimate of drug-likeness (QED) is 0.671. The molecule has 1 aromatic rings. The number of rotatable bonds is 0. The first-order chi connectivity index (χ1) is 7.95. The van der Waals surface area contributed by atoms with Crippen LogP contribution in [0, 0.1) is 0 Å². The second kappa shape index (κ2) is 4.40. The molecule has 16 heavy (non-hydrogen) atoms. The Balaban J connectivity index is 1.85. The molecule has 2 unspecified atom stereocenters. The Hall–Kier alpha value is -1.12. The van der Waals surface area contributed by atoms with Gasteiger partial charge in [0.15, 0.2) is 0 Å². The SMILES string of the molecule is c1cnc2c(n1)OC1CCCCCCCC21. The van der Waals surface area contributed by atoms with Gasteiger partial charge in [0.05, 0.1) is 0 Å². The maximum absolute atomic E-state index is 5.93. The molecule has 2 atom stereocenters. The van der Waals surface area contributed by atoms with Crippen molar-refractivity contribution in [2.24, 2.45) is 0 Å². The minimum absolute atomic E-state index is 0.343. The van der Waals surface area contributed by atoms with Gasteiger partial charge in [-0.3, -0.25) is 4.98 Å². The van der Waals surface area contributed by atoms with Gasteiger partial charge in [0.25, 0.3) is 0 Å². The van der Waals surface area contributed by atoms with Crippen molar-refractivity contribution >= 4 is 0 Å². The van der Waals surface area contributed by atoms with Crippen LogP contribution in [0.5, 0.6) is 5.88 Å². The lowest BCUT2D eigenvalue weighted by Crippen LogP contribution is -2.18. The van der Waals surface area contributed by atoms with Crippen molar-refractivity contribution in [1.29, 1.82) is 0 Å². The zero-order chi connectivity index (χ0) is 10.8. The van der Waals surface area contributed by atoms with E-state index in [4.69, 9.17) is 4.74 Å². The topological polar surface area (TPSA) is 35.0 Å². The average Bonchev–Trinajstić information content (AvgIpc) is 2.69. The molecular formula is C13H18N2O. The van der Waals surface area contributed by atoms with Crippen LogP contribution in [0.4, 0.5) is 0 Å². The van der Waals surface area contributed by atoms with Crippen LogP contribution in [0.1, 0.15) is 56.6 Å². The highest BCUT2D eigenvalue weighted by atomic mass is 16.5. The van der Waals surface area contributed by atoms with Crippen LogP contribution < -0.4 is 4.74 Å². The van der Waals surface area contributed by atoms with Gasteiger partial charge in [0, 0.05) is 18.3 Å². The summed E-state index contributed by atoms with van der Waals surface area (Å²) in [4.78, 5) is 8.74. The van der Waals surface area contributed by atoms with Crippen molar-refractivity contribution in [2.75, 3.05) is 0 Å². The molecule has 0 aromatic carbocycles. The van der Waals surface area contributed by atoms with Crippen molar-refractivity contribution in [1.82, 2.24) is 9.97 Å². The normalized spacial score (nSPS) is 29.2. The molecule has 0 saturated heterocycles. The fraction of sp³-hybridized carbons (Fsp3) is 0.692. The predicted molar refractivity (Wildman–Crippen MR) is 61.5 cm³/mol. The fourth-order valence-corrected chi connectivity index (χ4v) is 2.91. The molecule has 1 aliphatic heterocycles. The molecule has 1 saturated carbocycles. The number of nitrogens with zero attached hydrogens (tertiary/aromatic N) is 2. The van der Waals surface area contributed by atoms with E-state index in [1.54, 1.807) is 12.4 Å². The van der Waals surface area contributed by atoms with Gasteiger partial charge >= 0.3 is 0 Å². The number of hydrogen-bond donors (Lipinski definition) is 0. The first-order valence-electron chi connectivity index (χ1n) is 6.43. The number of fused-ring (bicyclic) bond motifs is 3. The molecule has 0 amide bonds. The van der Waals surface area contributed by atoms with Gasteiger partial charge in [-0.1, -0.05) is 25.7 Å². The van der Waals surface area contributed by atoms with Gasteiger partial charge in [0.1, 0.15) is 11.8 Å². The van der Waals surface area contributed by atoms with E-state index >= 15 is 0 Å². The highest BCUT2D eigenvalue weighted by molar-refractivity contribution is 5.28. The van der Waals surface area contributed by atoms with Crippen LogP contribution in [0.3, 0.4) is 0 Å². The van der Waals surface area contributed by atoms with Crippen LogP contribution >= 0.6 is 0 Å². The van der Waals surface area contributed by atoms with E-state index in [9.17, 15) is 0 Å². The van der Waals surface area contributed by atoms with Gasteiger partial charge in [-0.15, -0.1) is 0 Å². The second-order valence-electron chi connectivity index (χ2n) is 4.85. The minimum atomic E-state index is 0.343. The molecular weight excluding hydrogens is 200 g/mol. The summed E-state index contributed by atoms with van der Waals surface area (Å²) in [5.74, 6) is 1.29. The smallest absolute Gasteiger partial charge is 0.236 e. The van der Waals surface area contributed by atoms with Crippen LogP contribution in [-0.2, 0) is 0 Å². The standard InChI is InChI=1S/C13H18N2O/c1-2-4-6-10-11(7-5-3-1)16-13-12(10)14-8-9-15-13/h8-11H,1-7H2. The largest absolute Gasteiger partial charge is 0.472 e. The summed E-state index contributed by atoms with van der Waals surface area (Å²) in [7, 11) is 0. The van der Waals surface area contributed by atoms with Crippen LogP contribution in [0.15, 0.2) is 12.4 Å². The highest BCUT2D eigenvalue weighted by Gasteiger charge is 2.35. The molecule has 3 heteroatoms. The molecule has 2 aliphatic rings. The summed E-state index contributed by atoms with van der Waals surface area (Å²) >= 11 is 0. The monoisotopic (exact) mass is 218 g/mol. The van der Waals surface area contributed by atoms with Gasteiger partial charge in [-0.25, -0.2) is 4.98 Å². The summed E-state index contributed by atoms with van der Waals surface area (Å²) in [6.07, 6.45) is 12.9. The lowest BCUT2D eigenvalue weighted by Gasteiger charge is -2.16. The van der Waals surface area contributed by atoms with Gasteiger partial charge < -0.3 is 4.74 Å². The maximum atomic E-state index is 5.93. The Kier molecular flexibility index (Phi) is 2.77. The lowest BCUT2D eigenvalue weighted by atomic mass is 9.93. The summed E-state index contributed by atoms with van der Waals surface area (Å²) < 4.78 is 5.93. The molecule has 3 nitrogen and oxygen atoms in total. The Morgan fingerprint density at radius 2 is 1.69 bits per heavy atom. The molecule has 0 spiro atoms. The fourth-order valence-electron chi connectivity index (χ4n) is 2.91. The second-order valence-corrected chi connectivity index (χ2v) is 4.85. The third-order valence-electron chi connectivity index (χ3n) is 3.76. The Labute approximate surface area is 96.3 Å². The Bertz CT molecular complexity index is 367. The summed E-state index contributed by atoms with van der Waals surface area (Å²) in [5, 5.41) is 0. The third-order valence-corrected chi connectivity index (χ3v) is 3.76. The Morgan fingerprint density at radius 1 is 0.938 bits per heavy atom. The van der Waals surface area contributed by atoms with Crippen LogP contribution in [0.2, 0.25) is 0 Å². The molecule has 86 valence electrons. The van der Waals surface area contributed by atoms with E-state index in [2.05, 4.69) is 9.97 Å². The lowest BCUT2D eigenvalue weighted by molar-refractivity contribution is 0.182. The van der Waals surface area contributed by atoms with Crippen molar-refractivity contribution in [3.63, 3.8) is 0 Å². The van der Waals surface area contributed by atoms with Crippen molar-refractivity contribution in [3.05, 3.63) is 18.1 Å². The molecule has 3 rings (SSSR count). The molecule has 0 radical (unpaired) electrons. The minimum Gasteiger partial charge on any atom is -0.472 e. The van der Waals surface area contributed by atoms with Crippen LogP contribution in [0.25, 0.3) is 0 Å². The van der Waals surface area contributed by atoms with Crippen molar-refractivity contribution in [3.8, 4) is 5.88 Å². The zero-order valence-corrected chi connectivity index (χ0v) is 9.56. The number of aromatic nitrogens is 2. The molecule has 0 N–H and O–H groups in total. The summed E-state index contributed by atoms with van der Waals surface area (Å²) in [5.41, 5.74) is 1.11. The van der Waals surface area contributed by atoms with E-state index in [0.29, 0.717) is 12.0 Å². The van der Waals surface area contributed by atoms with E-state index in [1.807, 2.05) is 0 Å². The summed E-state index contributed by atoms with van der Waals surface area (Å²) in [6.45, 7) is 0. The maximum Gasteiger partial charge on any atom is 0.236 e. The summed E-state index contributed by atoms with van der Waals surface area (Å²) in [6, 6.07) is 0. The van der Waals surface area contributed by atoms with Gasteiger partial charge in [0.2, 0.25) is 5.88 Å². The molecule has 0 bridgehead atoms. The zero-order valence-electron chi connectivity index (χ0n) is 9.56. The van der Waals surface area contributed by atoms with Crippen LogP contribution in [-0.4, -0.2) is 16.1 Å². The van der Waals surface area contributed by atoms with Crippen molar-refractivity contribution in [2.45, 2.75) is 57.0 Å². The first-order valence-corrected chi connectivity index (χ1v) is 6.43. The molecule has 1 fully saturated rings. The molecule has 2 heterocycles. The third kappa shape index (κ3) is 1.79. The first kappa shape index (κ1) is 10.1. The predicted octanol–water partition coefficient (Wildman–Crippen LogP) is 3.07. The number of hydrogen-bond acceptors (Lipinski definition) is 3. The van der Waals surface area contributed by atoms with E-state index in [-0.39, 0.29) is 0 Å². The average molecular weight is 218 g/mol. The Morgan fingerprint density at radius 3 is 2.62 bits per heavy atom. The molecule has 1 aromatic heterocycles. The van der Waals surface area contributed by atoms with E-state index in [1.165, 1.54) is 44.9 Å². The molecule has 1 aliphatic carbocycles. The van der Waals surface area contributed by atoms with Gasteiger partial charge in [-0.2, -0.15) is 0 Å². The van der Waals surface area contributed by atoms with Gasteiger partial charge in [-0.05, 0) is 19.3 Å². The highest BCUT2D eigenvalue weighted by Crippen LogP contribution is 2.40. The van der Waals surface area contributed by atoms with Crippen molar-refractivity contribution < 1.29 is 4.74 Å². The van der Waals surface area contributed by atoms with E-state index in [0.717, 1.165) is 11.6 Å². The number of ether oxygens (including phenoxy) is 1. The van der Waals surface area contributed by atoms with E-state index < -0.39 is 0 Å².